The third kappa shape index (κ3) is 3.46. The number of hydrogen-bond acceptors (Lipinski definition) is 4. The monoisotopic (exact) mass is 244 g/mol. The highest BCUT2D eigenvalue weighted by atomic mass is 15.2. The number of anilines is 1. The van der Waals surface area contributed by atoms with E-state index in [1.807, 2.05) is 24.3 Å². The first-order valence-corrected chi connectivity index (χ1v) is 6.44. The van der Waals surface area contributed by atoms with Crippen molar-refractivity contribution in [1.82, 2.24) is 10.2 Å². The van der Waals surface area contributed by atoms with Crippen LogP contribution in [-0.4, -0.2) is 51.2 Å². The Hall–Kier alpha value is -1.57. The molecule has 1 N–H and O–H groups in total. The number of nitrogens with zero attached hydrogens (tertiary/aromatic N) is 3. The zero-order chi connectivity index (χ0) is 12.8. The number of nitriles is 1. The van der Waals surface area contributed by atoms with E-state index in [0.717, 1.165) is 39.3 Å². The standard InChI is InChI=1S/C14H20N4/c1-17(10-11-18-8-6-16-7-9-18)14-4-2-13(12-15)3-5-14/h2-5,16H,6-11H2,1H3. The fourth-order valence-corrected chi connectivity index (χ4v) is 2.15. The molecule has 1 aromatic rings. The molecule has 4 heteroatoms. The quantitative estimate of drug-likeness (QED) is 0.854. The van der Waals surface area contributed by atoms with Gasteiger partial charge in [0.2, 0.25) is 0 Å². The summed E-state index contributed by atoms with van der Waals surface area (Å²) in [5, 5.41) is 12.1. The predicted octanol–water partition coefficient (Wildman–Crippen LogP) is 0.900. The Morgan fingerprint density at radius 2 is 1.94 bits per heavy atom. The van der Waals surface area contributed by atoms with Gasteiger partial charge in [0.1, 0.15) is 0 Å². The summed E-state index contributed by atoms with van der Waals surface area (Å²) in [4.78, 5) is 4.72. The molecular weight excluding hydrogens is 224 g/mol. The summed E-state index contributed by atoms with van der Waals surface area (Å²) in [6.45, 7) is 6.59. The number of likely N-dealkylation sites (N-methyl/N-ethyl adjacent to an activating group) is 1. The van der Waals surface area contributed by atoms with Gasteiger partial charge in [-0.25, -0.2) is 0 Å². The Morgan fingerprint density at radius 3 is 2.56 bits per heavy atom. The summed E-state index contributed by atoms with van der Waals surface area (Å²) in [6, 6.07) is 9.91. The van der Waals surface area contributed by atoms with E-state index < -0.39 is 0 Å². The van der Waals surface area contributed by atoms with Crippen molar-refractivity contribution in [1.29, 1.82) is 5.26 Å². The van der Waals surface area contributed by atoms with Crippen molar-refractivity contribution in [3.63, 3.8) is 0 Å². The Bertz CT molecular complexity index is 401. The van der Waals surface area contributed by atoms with E-state index in [4.69, 9.17) is 5.26 Å². The summed E-state index contributed by atoms with van der Waals surface area (Å²) in [5.41, 5.74) is 1.89. The van der Waals surface area contributed by atoms with Crippen molar-refractivity contribution in [2.45, 2.75) is 0 Å². The van der Waals surface area contributed by atoms with Crippen LogP contribution in [0.5, 0.6) is 0 Å². The lowest BCUT2D eigenvalue weighted by Crippen LogP contribution is -2.46. The molecule has 1 aliphatic rings. The molecule has 0 saturated carbocycles. The van der Waals surface area contributed by atoms with Crippen LogP contribution in [0.3, 0.4) is 0 Å². The van der Waals surface area contributed by atoms with Crippen molar-refractivity contribution < 1.29 is 0 Å². The smallest absolute Gasteiger partial charge is 0.0991 e. The van der Waals surface area contributed by atoms with E-state index >= 15 is 0 Å². The van der Waals surface area contributed by atoms with Crippen LogP contribution in [0.15, 0.2) is 24.3 Å². The van der Waals surface area contributed by atoms with Crippen molar-refractivity contribution in [3.8, 4) is 6.07 Å². The molecule has 0 atom stereocenters. The topological polar surface area (TPSA) is 42.3 Å². The molecule has 18 heavy (non-hydrogen) atoms. The molecule has 0 aromatic heterocycles. The van der Waals surface area contributed by atoms with Gasteiger partial charge in [-0.1, -0.05) is 0 Å². The Labute approximate surface area is 109 Å². The van der Waals surface area contributed by atoms with Gasteiger partial charge in [-0.15, -0.1) is 0 Å². The molecule has 1 fully saturated rings. The number of rotatable bonds is 4. The van der Waals surface area contributed by atoms with Crippen LogP contribution < -0.4 is 10.2 Å². The largest absolute Gasteiger partial charge is 0.373 e. The second-order valence-corrected chi connectivity index (χ2v) is 4.67. The Morgan fingerprint density at radius 1 is 1.28 bits per heavy atom. The Balaban J connectivity index is 1.83. The molecule has 0 radical (unpaired) electrons. The van der Waals surface area contributed by atoms with Gasteiger partial charge in [-0.2, -0.15) is 5.26 Å². The highest BCUT2D eigenvalue weighted by Gasteiger charge is 2.10. The first-order valence-electron chi connectivity index (χ1n) is 6.44. The van der Waals surface area contributed by atoms with Gasteiger partial charge in [0, 0.05) is 52.0 Å². The Kier molecular flexibility index (Phi) is 4.57. The second kappa shape index (κ2) is 6.39. The maximum atomic E-state index is 8.76. The van der Waals surface area contributed by atoms with Crippen LogP contribution in [0.1, 0.15) is 5.56 Å². The molecular formula is C14H20N4. The molecule has 96 valence electrons. The van der Waals surface area contributed by atoms with Gasteiger partial charge < -0.3 is 10.2 Å². The lowest BCUT2D eigenvalue weighted by molar-refractivity contribution is 0.246. The maximum absolute atomic E-state index is 8.76. The molecule has 0 unspecified atom stereocenters. The highest BCUT2D eigenvalue weighted by molar-refractivity contribution is 5.48. The summed E-state index contributed by atoms with van der Waals surface area (Å²) in [7, 11) is 2.10. The third-order valence-corrected chi connectivity index (χ3v) is 3.40. The predicted molar refractivity (Wildman–Crippen MR) is 73.7 cm³/mol. The third-order valence-electron chi connectivity index (χ3n) is 3.40. The number of nitrogens with one attached hydrogen (secondary N) is 1. The summed E-state index contributed by atoms with van der Waals surface area (Å²) in [5.74, 6) is 0. The zero-order valence-corrected chi connectivity index (χ0v) is 10.9. The van der Waals surface area contributed by atoms with Crippen LogP contribution >= 0.6 is 0 Å². The van der Waals surface area contributed by atoms with Gasteiger partial charge >= 0.3 is 0 Å². The van der Waals surface area contributed by atoms with Crippen LogP contribution in [0, 0.1) is 11.3 Å². The zero-order valence-electron chi connectivity index (χ0n) is 10.9. The van der Waals surface area contributed by atoms with E-state index in [1.54, 1.807) is 0 Å². The number of benzene rings is 1. The minimum absolute atomic E-state index is 0.717. The normalized spacial score (nSPS) is 16.2. The molecule has 4 nitrogen and oxygen atoms in total. The van der Waals surface area contributed by atoms with E-state index in [0.29, 0.717) is 5.56 Å². The van der Waals surface area contributed by atoms with Gasteiger partial charge in [0.25, 0.3) is 0 Å². The number of hydrogen-bond donors (Lipinski definition) is 1. The molecule has 2 rings (SSSR count). The fraction of sp³-hybridized carbons (Fsp3) is 0.500. The minimum atomic E-state index is 0.717. The molecule has 1 heterocycles. The van der Waals surface area contributed by atoms with Crippen molar-refractivity contribution in [2.75, 3.05) is 51.2 Å². The molecule has 1 aromatic carbocycles. The summed E-state index contributed by atoms with van der Waals surface area (Å²) < 4.78 is 0. The molecule has 0 spiro atoms. The molecule has 1 aliphatic heterocycles. The van der Waals surface area contributed by atoms with Gasteiger partial charge in [-0.3, -0.25) is 4.90 Å². The van der Waals surface area contributed by atoms with E-state index in [9.17, 15) is 0 Å². The molecule has 0 bridgehead atoms. The lowest BCUT2D eigenvalue weighted by atomic mass is 10.2. The average Bonchev–Trinajstić information content (AvgIpc) is 2.46. The van der Waals surface area contributed by atoms with Crippen LogP contribution in [0.2, 0.25) is 0 Å². The minimum Gasteiger partial charge on any atom is -0.373 e. The van der Waals surface area contributed by atoms with Gasteiger partial charge in [0.15, 0.2) is 0 Å². The second-order valence-electron chi connectivity index (χ2n) is 4.67. The van der Waals surface area contributed by atoms with Crippen molar-refractivity contribution in [2.24, 2.45) is 0 Å². The van der Waals surface area contributed by atoms with E-state index in [2.05, 4.69) is 28.2 Å². The number of piperazine rings is 1. The SMILES string of the molecule is CN(CCN1CCNCC1)c1ccc(C#N)cc1. The molecule has 0 aliphatic carbocycles. The van der Waals surface area contributed by atoms with Crippen LogP contribution in [-0.2, 0) is 0 Å². The fourth-order valence-electron chi connectivity index (χ4n) is 2.15. The summed E-state index contributed by atoms with van der Waals surface area (Å²) >= 11 is 0. The summed E-state index contributed by atoms with van der Waals surface area (Å²) in [6.07, 6.45) is 0. The lowest BCUT2D eigenvalue weighted by Gasteiger charge is -2.29. The van der Waals surface area contributed by atoms with Crippen molar-refractivity contribution >= 4 is 5.69 Å². The van der Waals surface area contributed by atoms with Crippen LogP contribution in [0.25, 0.3) is 0 Å². The highest BCUT2D eigenvalue weighted by Crippen LogP contribution is 2.13. The van der Waals surface area contributed by atoms with Crippen molar-refractivity contribution in [3.05, 3.63) is 29.8 Å². The maximum Gasteiger partial charge on any atom is 0.0991 e. The van der Waals surface area contributed by atoms with Crippen LogP contribution in [0.4, 0.5) is 5.69 Å². The van der Waals surface area contributed by atoms with Gasteiger partial charge in [-0.05, 0) is 24.3 Å². The first kappa shape index (κ1) is 12.9. The van der Waals surface area contributed by atoms with Gasteiger partial charge in [0.05, 0.1) is 11.6 Å². The molecule has 0 amide bonds. The average molecular weight is 244 g/mol. The first-order chi connectivity index (χ1) is 8.79. The van der Waals surface area contributed by atoms with E-state index in [1.165, 1.54) is 5.69 Å². The molecule has 1 saturated heterocycles. The van der Waals surface area contributed by atoms with E-state index in [-0.39, 0.29) is 0 Å².